The highest BCUT2D eigenvalue weighted by Crippen LogP contribution is 2.24. The second-order valence-electron chi connectivity index (χ2n) is 5.26. The van der Waals surface area contributed by atoms with Crippen LogP contribution in [0.25, 0.3) is 0 Å². The molecule has 0 aliphatic rings. The molecule has 0 aliphatic carbocycles. The van der Waals surface area contributed by atoms with E-state index < -0.39 is 0 Å². The van der Waals surface area contributed by atoms with Crippen LogP contribution in [0.4, 0.5) is 5.82 Å². The van der Waals surface area contributed by atoms with Crippen molar-refractivity contribution in [1.82, 2.24) is 4.98 Å². The van der Waals surface area contributed by atoms with Crippen LogP contribution >= 0.6 is 0 Å². The molecular weight excluding hydrogens is 212 g/mol. The Morgan fingerprint density at radius 3 is 2.71 bits per heavy atom. The zero-order chi connectivity index (χ0) is 12.9. The minimum atomic E-state index is -0.371. The summed E-state index contributed by atoms with van der Waals surface area (Å²) in [5, 5.41) is 3.24. The number of unbranched alkanes of at least 4 members (excludes halogenated alkanes) is 1. The molecule has 0 radical (unpaired) electrons. The van der Waals surface area contributed by atoms with Crippen molar-refractivity contribution in [2.45, 2.75) is 40.5 Å². The van der Waals surface area contributed by atoms with Crippen LogP contribution in [-0.4, -0.2) is 17.3 Å². The van der Waals surface area contributed by atoms with E-state index >= 15 is 0 Å². The Hall–Kier alpha value is -1.38. The quantitative estimate of drug-likeness (QED) is 0.626. The predicted octanol–water partition coefficient (Wildman–Crippen LogP) is 3.52. The second-order valence-corrected chi connectivity index (χ2v) is 5.26. The molecule has 17 heavy (non-hydrogen) atoms. The van der Waals surface area contributed by atoms with Crippen molar-refractivity contribution in [3.63, 3.8) is 0 Å². The van der Waals surface area contributed by atoms with Gasteiger partial charge in [-0.25, -0.2) is 4.98 Å². The number of hydrogen-bond donors (Lipinski definition) is 1. The summed E-state index contributed by atoms with van der Waals surface area (Å²) in [5.41, 5.74) is 0.320. The van der Waals surface area contributed by atoms with E-state index in [1.54, 1.807) is 6.20 Å². The van der Waals surface area contributed by atoms with Gasteiger partial charge in [0.2, 0.25) is 0 Å². The molecule has 0 bridgehead atoms. The van der Waals surface area contributed by atoms with Gasteiger partial charge in [-0.05, 0) is 18.6 Å². The smallest absolute Gasteiger partial charge is 0.171 e. The van der Waals surface area contributed by atoms with Crippen LogP contribution < -0.4 is 5.32 Å². The lowest BCUT2D eigenvalue weighted by Gasteiger charge is -2.18. The fraction of sp³-hybridized carbons (Fsp3) is 0.571. The van der Waals surface area contributed by atoms with Crippen LogP contribution in [0.15, 0.2) is 18.3 Å². The molecule has 1 heterocycles. The Morgan fingerprint density at radius 2 is 2.12 bits per heavy atom. The number of rotatable bonds is 5. The van der Waals surface area contributed by atoms with Gasteiger partial charge in [0, 0.05) is 18.2 Å². The number of aromatic nitrogens is 1. The third kappa shape index (κ3) is 3.84. The van der Waals surface area contributed by atoms with E-state index in [-0.39, 0.29) is 11.2 Å². The lowest BCUT2D eigenvalue weighted by atomic mass is 9.87. The number of hydrogen-bond acceptors (Lipinski definition) is 3. The van der Waals surface area contributed by atoms with Crippen LogP contribution in [0.2, 0.25) is 0 Å². The lowest BCUT2D eigenvalue weighted by molar-refractivity contribution is 0.0859. The molecule has 0 saturated heterocycles. The maximum Gasteiger partial charge on any atom is 0.171 e. The number of carbonyl (C=O) groups is 1. The normalized spacial score (nSPS) is 11.3. The van der Waals surface area contributed by atoms with Gasteiger partial charge in [-0.15, -0.1) is 0 Å². The standard InChI is InChI=1S/C14H22N2O/c1-5-6-9-15-13-11(8-7-10-16-13)12(17)14(2,3)4/h7-8,10H,5-6,9H2,1-4H3,(H,15,16). The van der Waals surface area contributed by atoms with Crippen LogP contribution in [0.3, 0.4) is 0 Å². The molecule has 1 aromatic heterocycles. The molecule has 0 unspecified atom stereocenters. The Labute approximate surface area is 104 Å². The molecule has 0 aromatic carbocycles. The zero-order valence-corrected chi connectivity index (χ0v) is 11.2. The molecule has 1 N–H and O–H groups in total. The van der Waals surface area contributed by atoms with Crippen molar-refractivity contribution in [3.8, 4) is 0 Å². The number of nitrogens with zero attached hydrogens (tertiary/aromatic N) is 1. The molecule has 0 atom stereocenters. The number of nitrogens with one attached hydrogen (secondary N) is 1. The average molecular weight is 234 g/mol. The zero-order valence-electron chi connectivity index (χ0n) is 11.2. The minimum Gasteiger partial charge on any atom is -0.369 e. The summed E-state index contributed by atoms with van der Waals surface area (Å²) < 4.78 is 0. The molecule has 3 nitrogen and oxygen atoms in total. The van der Waals surface area contributed by atoms with Crippen LogP contribution in [0, 0.1) is 5.41 Å². The molecule has 1 rings (SSSR count). The van der Waals surface area contributed by atoms with Crippen LogP contribution in [-0.2, 0) is 0 Å². The van der Waals surface area contributed by atoms with Gasteiger partial charge < -0.3 is 5.32 Å². The van der Waals surface area contributed by atoms with Crippen molar-refractivity contribution >= 4 is 11.6 Å². The van der Waals surface area contributed by atoms with E-state index in [9.17, 15) is 4.79 Å². The molecule has 94 valence electrons. The molecule has 0 spiro atoms. The number of carbonyl (C=O) groups excluding carboxylic acids is 1. The molecule has 0 amide bonds. The molecule has 0 fully saturated rings. The first-order chi connectivity index (χ1) is 7.96. The van der Waals surface area contributed by atoms with Gasteiger partial charge in [-0.2, -0.15) is 0 Å². The first kappa shape index (κ1) is 13.7. The highest BCUT2D eigenvalue weighted by atomic mass is 16.1. The number of Topliss-reactive ketones (excluding diaryl/α,β-unsaturated/α-hetero) is 1. The van der Waals surface area contributed by atoms with Crippen molar-refractivity contribution in [1.29, 1.82) is 0 Å². The van der Waals surface area contributed by atoms with Crippen LogP contribution in [0.5, 0.6) is 0 Å². The van der Waals surface area contributed by atoms with E-state index in [0.29, 0.717) is 11.4 Å². The summed E-state index contributed by atoms with van der Waals surface area (Å²) in [7, 11) is 0. The molecule has 0 aliphatic heterocycles. The Balaban J connectivity index is 2.88. The topological polar surface area (TPSA) is 42.0 Å². The van der Waals surface area contributed by atoms with Gasteiger partial charge in [-0.1, -0.05) is 34.1 Å². The van der Waals surface area contributed by atoms with Gasteiger partial charge in [0.1, 0.15) is 5.82 Å². The fourth-order valence-corrected chi connectivity index (χ4v) is 1.52. The molecule has 3 heteroatoms. The summed E-state index contributed by atoms with van der Waals surface area (Å²) in [6, 6.07) is 3.65. The second kappa shape index (κ2) is 5.80. The summed E-state index contributed by atoms with van der Waals surface area (Å²) >= 11 is 0. The van der Waals surface area contributed by atoms with Crippen LogP contribution in [0.1, 0.15) is 50.9 Å². The third-order valence-electron chi connectivity index (χ3n) is 2.56. The highest BCUT2D eigenvalue weighted by Gasteiger charge is 2.25. The van der Waals surface area contributed by atoms with Crippen molar-refractivity contribution in [2.24, 2.45) is 5.41 Å². The predicted molar refractivity (Wildman–Crippen MR) is 71.4 cm³/mol. The van der Waals surface area contributed by atoms with Gasteiger partial charge in [-0.3, -0.25) is 4.79 Å². The number of pyridine rings is 1. The van der Waals surface area contributed by atoms with Gasteiger partial charge in [0.15, 0.2) is 5.78 Å². The van der Waals surface area contributed by atoms with Gasteiger partial charge >= 0.3 is 0 Å². The van der Waals surface area contributed by atoms with Crippen molar-refractivity contribution in [3.05, 3.63) is 23.9 Å². The molecular formula is C14H22N2O. The van der Waals surface area contributed by atoms with Gasteiger partial charge in [0.25, 0.3) is 0 Å². The first-order valence-electron chi connectivity index (χ1n) is 6.20. The maximum absolute atomic E-state index is 12.2. The summed E-state index contributed by atoms with van der Waals surface area (Å²) in [4.78, 5) is 16.5. The van der Waals surface area contributed by atoms with E-state index in [4.69, 9.17) is 0 Å². The third-order valence-corrected chi connectivity index (χ3v) is 2.56. The summed E-state index contributed by atoms with van der Waals surface area (Å²) in [5.74, 6) is 0.838. The summed E-state index contributed by atoms with van der Waals surface area (Å²) in [6.07, 6.45) is 3.93. The monoisotopic (exact) mass is 234 g/mol. The van der Waals surface area contributed by atoms with Gasteiger partial charge in [0.05, 0.1) is 5.56 Å². The molecule has 1 aromatic rings. The average Bonchev–Trinajstić information content (AvgIpc) is 2.28. The Bertz CT molecular complexity index is 380. The van der Waals surface area contributed by atoms with E-state index in [2.05, 4.69) is 17.2 Å². The summed E-state index contributed by atoms with van der Waals surface area (Å²) in [6.45, 7) is 8.79. The largest absolute Gasteiger partial charge is 0.369 e. The van der Waals surface area contributed by atoms with Crippen molar-refractivity contribution < 1.29 is 4.79 Å². The Morgan fingerprint density at radius 1 is 1.41 bits per heavy atom. The minimum absolute atomic E-state index is 0.129. The highest BCUT2D eigenvalue weighted by molar-refractivity contribution is 6.03. The van der Waals surface area contributed by atoms with E-state index in [1.165, 1.54) is 0 Å². The number of ketones is 1. The van der Waals surface area contributed by atoms with Crippen molar-refractivity contribution in [2.75, 3.05) is 11.9 Å². The first-order valence-corrected chi connectivity index (χ1v) is 6.20. The SMILES string of the molecule is CCCCNc1ncccc1C(=O)C(C)(C)C. The van der Waals surface area contributed by atoms with E-state index in [0.717, 1.165) is 19.4 Å². The lowest BCUT2D eigenvalue weighted by Crippen LogP contribution is -2.22. The van der Waals surface area contributed by atoms with E-state index in [1.807, 2.05) is 32.9 Å². The number of anilines is 1. The molecule has 0 saturated carbocycles. The fourth-order valence-electron chi connectivity index (χ4n) is 1.52. The maximum atomic E-state index is 12.2. The Kier molecular flexibility index (Phi) is 4.67.